The quantitative estimate of drug-likeness (QED) is 0.653. The summed E-state index contributed by atoms with van der Waals surface area (Å²) in [4.78, 5) is 12.6. The Morgan fingerprint density at radius 1 is 1.14 bits per heavy atom. The Hall–Kier alpha value is -2.94. The summed E-state index contributed by atoms with van der Waals surface area (Å²) in [5, 5.41) is 3.01. The van der Waals surface area contributed by atoms with Crippen LogP contribution in [0, 0.1) is 11.6 Å². The van der Waals surface area contributed by atoms with Crippen LogP contribution in [0.4, 0.5) is 14.5 Å². The molecule has 0 radical (unpaired) electrons. The van der Waals surface area contributed by atoms with E-state index in [0.717, 1.165) is 36.8 Å². The van der Waals surface area contributed by atoms with Crippen LogP contribution in [0.1, 0.15) is 34.7 Å². The van der Waals surface area contributed by atoms with Gasteiger partial charge >= 0.3 is 0 Å². The van der Waals surface area contributed by atoms with Crippen molar-refractivity contribution in [1.82, 2.24) is 5.32 Å². The second-order valence-corrected chi connectivity index (χ2v) is 8.85. The number of sulfonamides is 1. The third kappa shape index (κ3) is 3.69. The van der Waals surface area contributed by atoms with Crippen molar-refractivity contribution in [3.05, 3.63) is 53.1 Å². The molecule has 1 fully saturated rings. The molecule has 0 spiro atoms. The van der Waals surface area contributed by atoms with Crippen LogP contribution in [0.3, 0.4) is 0 Å². The zero-order valence-corrected chi connectivity index (χ0v) is 16.5. The molecule has 9 heteroatoms. The normalized spacial score (nSPS) is 14.2. The molecule has 6 nitrogen and oxygen atoms in total. The number of fused-ring (bicyclic) bond motifs is 1. The van der Waals surface area contributed by atoms with E-state index in [0.29, 0.717) is 11.1 Å². The predicted octanol–water partition coefficient (Wildman–Crippen LogP) is 3.99. The summed E-state index contributed by atoms with van der Waals surface area (Å²) in [6.45, 7) is 0. The van der Waals surface area contributed by atoms with Crippen LogP contribution in [0.5, 0.6) is 0 Å². The number of benzene rings is 2. The fraction of sp³-hybridized carbons (Fsp3) is 0.250. The number of nitrogens with one attached hydrogen (secondary N) is 2. The van der Waals surface area contributed by atoms with Crippen molar-refractivity contribution >= 4 is 32.6 Å². The van der Waals surface area contributed by atoms with Gasteiger partial charge in [-0.15, -0.1) is 0 Å². The summed E-state index contributed by atoms with van der Waals surface area (Å²) >= 11 is 0. The lowest BCUT2D eigenvalue weighted by Crippen LogP contribution is -2.18. The van der Waals surface area contributed by atoms with E-state index >= 15 is 0 Å². The highest BCUT2D eigenvalue weighted by atomic mass is 32.2. The SMILES string of the molecule is CNC(=O)c1c(-c2ccc(F)c(F)c2)oc2cc(NS(C)(=O)=O)c(C3CC3)cc12. The molecule has 2 N–H and O–H groups in total. The predicted molar refractivity (Wildman–Crippen MR) is 105 cm³/mol. The number of hydrogen-bond acceptors (Lipinski definition) is 4. The first kappa shape index (κ1) is 19.4. The van der Waals surface area contributed by atoms with Crippen LogP contribution in [0.25, 0.3) is 22.3 Å². The Kier molecular flexibility index (Phi) is 4.57. The number of carbonyl (C=O) groups excluding carboxylic acids is 1. The largest absolute Gasteiger partial charge is 0.455 e. The lowest BCUT2D eigenvalue weighted by Gasteiger charge is -2.10. The van der Waals surface area contributed by atoms with E-state index in [1.54, 1.807) is 6.07 Å². The van der Waals surface area contributed by atoms with Crippen molar-refractivity contribution in [2.45, 2.75) is 18.8 Å². The summed E-state index contributed by atoms with van der Waals surface area (Å²) in [5.41, 5.74) is 1.80. The standard InChI is InChI=1S/C20H18F2N2O4S/c1-23-20(25)18-13-8-12(10-3-4-10)16(24-29(2,26)27)9-17(13)28-19(18)11-5-6-14(21)15(22)7-11/h5-10,24H,3-4H2,1-2H3,(H,23,25). The van der Waals surface area contributed by atoms with Gasteiger partial charge in [0.2, 0.25) is 10.0 Å². The van der Waals surface area contributed by atoms with Gasteiger partial charge in [-0.05, 0) is 48.6 Å². The second kappa shape index (κ2) is 6.84. The lowest BCUT2D eigenvalue weighted by molar-refractivity contribution is 0.0964. The number of halogens is 2. The molecule has 152 valence electrons. The van der Waals surface area contributed by atoms with Gasteiger partial charge in [0.15, 0.2) is 11.6 Å². The van der Waals surface area contributed by atoms with Gasteiger partial charge in [-0.2, -0.15) is 0 Å². The molecule has 0 aliphatic heterocycles. The average Bonchev–Trinajstić information content (AvgIpc) is 3.42. The number of amides is 1. The first-order valence-corrected chi connectivity index (χ1v) is 10.8. The number of anilines is 1. The molecule has 1 amide bonds. The smallest absolute Gasteiger partial charge is 0.255 e. The van der Waals surface area contributed by atoms with Crippen molar-refractivity contribution in [2.24, 2.45) is 0 Å². The van der Waals surface area contributed by atoms with Crippen LogP contribution in [0.15, 0.2) is 34.7 Å². The highest BCUT2D eigenvalue weighted by molar-refractivity contribution is 7.92. The number of rotatable bonds is 5. The third-order valence-electron chi connectivity index (χ3n) is 4.81. The first-order chi connectivity index (χ1) is 13.7. The summed E-state index contributed by atoms with van der Waals surface area (Å²) in [6.07, 6.45) is 2.87. The number of furan rings is 1. The van der Waals surface area contributed by atoms with Crippen molar-refractivity contribution in [2.75, 3.05) is 18.0 Å². The van der Waals surface area contributed by atoms with Gasteiger partial charge in [0.1, 0.15) is 11.3 Å². The molecule has 4 rings (SSSR count). The van der Waals surface area contributed by atoms with Crippen molar-refractivity contribution in [1.29, 1.82) is 0 Å². The van der Waals surface area contributed by atoms with Crippen molar-refractivity contribution in [3.63, 3.8) is 0 Å². The Bertz CT molecular complexity index is 1250. The molecule has 1 aliphatic carbocycles. The minimum absolute atomic E-state index is 0.0801. The van der Waals surface area contributed by atoms with Gasteiger partial charge in [-0.25, -0.2) is 17.2 Å². The van der Waals surface area contributed by atoms with Crippen LogP contribution < -0.4 is 10.0 Å². The van der Waals surface area contributed by atoms with Gasteiger partial charge < -0.3 is 9.73 Å². The van der Waals surface area contributed by atoms with Crippen LogP contribution in [0.2, 0.25) is 0 Å². The molecule has 0 saturated heterocycles. The van der Waals surface area contributed by atoms with E-state index in [-0.39, 0.29) is 28.4 Å². The maximum atomic E-state index is 13.8. The van der Waals surface area contributed by atoms with Gasteiger partial charge in [0.25, 0.3) is 5.91 Å². The Labute approximate surface area is 166 Å². The summed E-state index contributed by atoms with van der Waals surface area (Å²) in [5.74, 6) is -2.26. The Morgan fingerprint density at radius 2 is 1.86 bits per heavy atom. The molecule has 0 atom stereocenters. The van der Waals surface area contributed by atoms with Crippen molar-refractivity contribution in [3.8, 4) is 11.3 Å². The third-order valence-corrected chi connectivity index (χ3v) is 5.40. The molecule has 29 heavy (non-hydrogen) atoms. The molecule has 3 aromatic rings. The zero-order valence-electron chi connectivity index (χ0n) is 15.7. The molecular formula is C20H18F2N2O4S. The molecule has 0 unspecified atom stereocenters. The first-order valence-electron chi connectivity index (χ1n) is 8.93. The molecule has 0 bridgehead atoms. The molecule has 1 aliphatic rings. The summed E-state index contributed by atoms with van der Waals surface area (Å²) in [7, 11) is -2.07. The van der Waals surface area contributed by atoms with E-state index in [1.807, 2.05) is 0 Å². The van der Waals surface area contributed by atoms with Gasteiger partial charge in [-0.3, -0.25) is 9.52 Å². The lowest BCUT2D eigenvalue weighted by atomic mass is 10.0. The molecule has 2 aromatic carbocycles. The van der Waals surface area contributed by atoms with Gasteiger partial charge in [0, 0.05) is 24.1 Å². The maximum Gasteiger partial charge on any atom is 0.255 e. The van der Waals surface area contributed by atoms with E-state index in [1.165, 1.54) is 19.2 Å². The van der Waals surface area contributed by atoms with E-state index in [9.17, 15) is 22.0 Å². The zero-order chi connectivity index (χ0) is 20.9. The van der Waals surface area contributed by atoms with E-state index in [2.05, 4.69) is 10.0 Å². The average molecular weight is 420 g/mol. The molecule has 1 aromatic heterocycles. The Morgan fingerprint density at radius 3 is 2.45 bits per heavy atom. The van der Waals surface area contributed by atoms with Crippen molar-refractivity contribution < 1.29 is 26.4 Å². The molecular weight excluding hydrogens is 402 g/mol. The van der Waals surface area contributed by atoms with Crippen LogP contribution in [-0.4, -0.2) is 27.6 Å². The minimum Gasteiger partial charge on any atom is -0.455 e. The monoisotopic (exact) mass is 420 g/mol. The summed E-state index contributed by atoms with van der Waals surface area (Å²) in [6, 6.07) is 6.49. The van der Waals surface area contributed by atoms with Gasteiger partial charge in [-0.1, -0.05) is 0 Å². The molecule has 1 heterocycles. The number of carbonyl (C=O) groups is 1. The number of hydrogen-bond donors (Lipinski definition) is 2. The highest BCUT2D eigenvalue weighted by Gasteiger charge is 2.30. The second-order valence-electron chi connectivity index (χ2n) is 7.10. The van der Waals surface area contributed by atoms with Crippen LogP contribution in [-0.2, 0) is 10.0 Å². The topological polar surface area (TPSA) is 88.4 Å². The fourth-order valence-electron chi connectivity index (χ4n) is 3.37. The Balaban J connectivity index is 1.99. The van der Waals surface area contributed by atoms with Gasteiger partial charge in [0.05, 0.1) is 17.5 Å². The minimum atomic E-state index is -3.52. The maximum absolute atomic E-state index is 13.8. The highest BCUT2D eigenvalue weighted by Crippen LogP contribution is 2.46. The fourth-order valence-corrected chi connectivity index (χ4v) is 3.95. The van der Waals surface area contributed by atoms with E-state index in [4.69, 9.17) is 4.42 Å². The summed E-state index contributed by atoms with van der Waals surface area (Å²) < 4.78 is 59.0. The molecule has 1 saturated carbocycles. The van der Waals surface area contributed by atoms with Crippen LogP contribution >= 0.6 is 0 Å². The van der Waals surface area contributed by atoms with E-state index < -0.39 is 27.6 Å².